The molecule has 0 saturated carbocycles. The first-order valence-corrected chi connectivity index (χ1v) is 11.4. The van der Waals surface area contributed by atoms with Crippen LogP contribution >= 0.6 is 11.3 Å². The smallest absolute Gasteiger partial charge is 0.294 e. The SMILES string of the molecule is Cc1ccn(-c2ccc(-c3nnc(OC4CC5CCC(C)C(C)(C4)N5)s3)c(O)c2)n1. The normalized spacial score (nSPS) is 28.4. The minimum absolute atomic E-state index is 0.123. The number of aromatic hydroxyl groups is 1. The Balaban J connectivity index is 1.32. The Labute approximate surface area is 180 Å². The van der Waals surface area contributed by atoms with Crippen molar-refractivity contribution in [3.63, 3.8) is 0 Å². The third-order valence-electron chi connectivity index (χ3n) is 6.64. The standard InChI is InChI=1S/C22H27N5O2S/c1-13-4-5-15-10-17(12-22(13,3)23-15)29-21-25-24-20(30-21)18-7-6-16(11-19(18)28)27-9-8-14(2)26-27/h6-9,11,13,15,17,23,28H,4-5,10,12H2,1-3H3. The van der Waals surface area contributed by atoms with E-state index < -0.39 is 0 Å². The summed E-state index contributed by atoms with van der Waals surface area (Å²) in [5.41, 5.74) is 2.50. The molecule has 2 N–H and O–H groups in total. The number of phenolic OH excluding ortho intramolecular Hbond substituents is 1. The monoisotopic (exact) mass is 425 g/mol. The van der Waals surface area contributed by atoms with Gasteiger partial charge in [0.05, 0.1) is 16.9 Å². The molecule has 30 heavy (non-hydrogen) atoms. The Bertz CT molecular complexity index is 1060. The Morgan fingerprint density at radius 3 is 2.90 bits per heavy atom. The number of fused-ring (bicyclic) bond motifs is 2. The van der Waals surface area contributed by atoms with Gasteiger partial charge in [-0.3, -0.25) is 0 Å². The van der Waals surface area contributed by atoms with E-state index in [4.69, 9.17) is 4.74 Å². The van der Waals surface area contributed by atoms with Gasteiger partial charge in [-0.2, -0.15) is 5.10 Å². The summed E-state index contributed by atoms with van der Waals surface area (Å²) in [5.74, 6) is 0.792. The summed E-state index contributed by atoms with van der Waals surface area (Å²) in [4.78, 5) is 0. The number of nitrogens with one attached hydrogen (secondary N) is 1. The number of hydrogen-bond donors (Lipinski definition) is 2. The first-order valence-electron chi connectivity index (χ1n) is 10.5. The molecule has 2 aliphatic heterocycles. The van der Waals surface area contributed by atoms with Crippen LogP contribution in [-0.2, 0) is 0 Å². The van der Waals surface area contributed by atoms with Crippen molar-refractivity contribution in [3.05, 3.63) is 36.2 Å². The van der Waals surface area contributed by atoms with Crippen LogP contribution in [0.2, 0.25) is 0 Å². The first kappa shape index (κ1) is 19.5. The Morgan fingerprint density at radius 2 is 2.13 bits per heavy atom. The number of nitrogens with zero attached hydrogens (tertiary/aromatic N) is 4. The summed E-state index contributed by atoms with van der Waals surface area (Å²) in [7, 11) is 0. The van der Waals surface area contributed by atoms with E-state index in [0.29, 0.717) is 27.7 Å². The van der Waals surface area contributed by atoms with Gasteiger partial charge in [0.15, 0.2) is 5.01 Å². The molecular formula is C22H27N5O2S. The van der Waals surface area contributed by atoms with Gasteiger partial charge in [-0.25, -0.2) is 4.68 Å². The molecule has 0 aliphatic carbocycles. The molecule has 158 valence electrons. The molecule has 3 aromatic rings. The van der Waals surface area contributed by atoms with Gasteiger partial charge in [0, 0.05) is 30.3 Å². The predicted octanol–water partition coefficient (Wildman–Crippen LogP) is 4.09. The van der Waals surface area contributed by atoms with E-state index in [1.165, 1.54) is 24.2 Å². The quantitative estimate of drug-likeness (QED) is 0.655. The number of rotatable bonds is 4. The maximum atomic E-state index is 10.6. The van der Waals surface area contributed by atoms with E-state index in [-0.39, 0.29) is 17.4 Å². The molecule has 2 aromatic heterocycles. The van der Waals surface area contributed by atoms with E-state index in [1.54, 1.807) is 10.7 Å². The average molecular weight is 426 g/mol. The topological polar surface area (TPSA) is 85.1 Å². The lowest BCUT2D eigenvalue weighted by atomic mass is 9.70. The van der Waals surface area contributed by atoms with E-state index >= 15 is 0 Å². The second-order valence-corrected chi connectivity index (χ2v) is 9.83. The molecule has 8 heteroatoms. The van der Waals surface area contributed by atoms with Crippen molar-refractivity contribution in [2.75, 3.05) is 0 Å². The van der Waals surface area contributed by atoms with Gasteiger partial charge in [0.1, 0.15) is 11.9 Å². The third-order valence-corrected chi connectivity index (χ3v) is 7.49. The fourth-order valence-corrected chi connectivity index (χ4v) is 5.56. The van der Waals surface area contributed by atoms with Crippen molar-refractivity contribution in [2.45, 2.75) is 64.1 Å². The Morgan fingerprint density at radius 1 is 1.27 bits per heavy atom. The fourth-order valence-electron chi connectivity index (χ4n) is 4.76. The van der Waals surface area contributed by atoms with Crippen molar-refractivity contribution in [1.82, 2.24) is 25.3 Å². The van der Waals surface area contributed by atoms with E-state index in [0.717, 1.165) is 24.2 Å². The highest BCUT2D eigenvalue weighted by atomic mass is 32.1. The number of hydrogen-bond acceptors (Lipinski definition) is 7. The minimum Gasteiger partial charge on any atom is -0.507 e. The van der Waals surface area contributed by atoms with Crippen LogP contribution in [0.15, 0.2) is 30.5 Å². The second-order valence-electron chi connectivity index (χ2n) is 8.89. The second kappa shape index (κ2) is 7.35. The van der Waals surface area contributed by atoms with Crippen LogP contribution in [0.25, 0.3) is 16.3 Å². The van der Waals surface area contributed by atoms with Gasteiger partial charge in [0.25, 0.3) is 5.19 Å². The molecule has 5 rings (SSSR count). The van der Waals surface area contributed by atoms with Gasteiger partial charge in [-0.05, 0) is 57.2 Å². The number of ether oxygens (including phenoxy) is 1. The zero-order valence-electron chi connectivity index (χ0n) is 17.5. The molecule has 2 saturated heterocycles. The first-order chi connectivity index (χ1) is 14.4. The summed E-state index contributed by atoms with van der Waals surface area (Å²) in [6.07, 6.45) is 6.47. The molecule has 4 heterocycles. The molecule has 4 unspecified atom stereocenters. The van der Waals surface area contributed by atoms with Gasteiger partial charge in [-0.1, -0.05) is 23.4 Å². The molecule has 7 nitrogen and oxygen atoms in total. The van der Waals surface area contributed by atoms with Crippen LogP contribution in [0.3, 0.4) is 0 Å². The summed E-state index contributed by atoms with van der Waals surface area (Å²) in [5, 5.41) is 28.5. The molecule has 0 amide bonds. The minimum atomic E-state index is 0.123. The van der Waals surface area contributed by atoms with Crippen molar-refractivity contribution in [1.29, 1.82) is 0 Å². The number of aryl methyl sites for hydroxylation is 1. The van der Waals surface area contributed by atoms with Crippen LogP contribution in [0.1, 0.15) is 45.2 Å². The molecular weight excluding hydrogens is 398 g/mol. The molecule has 1 aromatic carbocycles. The lowest BCUT2D eigenvalue weighted by molar-refractivity contribution is 0.0202. The number of phenols is 1. The lowest BCUT2D eigenvalue weighted by Gasteiger charge is -2.50. The van der Waals surface area contributed by atoms with Crippen molar-refractivity contribution in [2.24, 2.45) is 5.92 Å². The van der Waals surface area contributed by atoms with E-state index in [2.05, 4.69) is 34.5 Å². The van der Waals surface area contributed by atoms with Crippen molar-refractivity contribution < 1.29 is 9.84 Å². The maximum Gasteiger partial charge on any atom is 0.294 e. The molecule has 2 bridgehead atoms. The molecule has 2 aliphatic rings. The van der Waals surface area contributed by atoms with Gasteiger partial charge >= 0.3 is 0 Å². The van der Waals surface area contributed by atoms with Crippen molar-refractivity contribution in [3.8, 4) is 27.2 Å². The maximum absolute atomic E-state index is 10.6. The molecule has 0 radical (unpaired) electrons. The third kappa shape index (κ3) is 3.58. The average Bonchev–Trinajstić information content (AvgIpc) is 3.34. The summed E-state index contributed by atoms with van der Waals surface area (Å²) in [6, 6.07) is 7.90. The highest BCUT2D eigenvalue weighted by molar-refractivity contribution is 7.16. The van der Waals surface area contributed by atoms with Crippen LogP contribution in [0.4, 0.5) is 0 Å². The zero-order chi connectivity index (χ0) is 20.9. The fraction of sp³-hybridized carbons (Fsp3) is 0.500. The lowest BCUT2D eigenvalue weighted by Crippen LogP contribution is -2.62. The number of piperidine rings is 2. The van der Waals surface area contributed by atoms with Gasteiger partial charge in [-0.15, -0.1) is 5.10 Å². The van der Waals surface area contributed by atoms with Crippen LogP contribution < -0.4 is 10.1 Å². The Hall–Kier alpha value is -2.45. The van der Waals surface area contributed by atoms with Crippen LogP contribution in [0.5, 0.6) is 10.9 Å². The van der Waals surface area contributed by atoms with E-state index in [1.807, 2.05) is 31.3 Å². The van der Waals surface area contributed by atoms with E-state index in [9.17, 15) is 5.11 Å². The number of benzene rings is 1. The Kier molecular flexibility index (Phi) is 4.78. The summed E-state index contributed by atoms with van der Waals surface area (Å²) < 4.78 is 7.99. The summed E-state index contributed by atoms with van der Waals surface area (Å²) in [6.45, 7) is 6.57. The molecule has 0 spiro atoms. The molecule has 4 atom stereocenters. The van der Waals surface area contributed by atoms with Crippen molar-refractivity contribution >= 4 is 11.3 Å². The van der Waals surface area contributed by atoms with Gasteiger partial charge in [0.2, 0.25) is 0 Å². The largest absolute Gasteiger partial charge is 0.507 e. The van der Waals surface area contributed by atoms with Crippen LogP contribution in [-0.4, -0.2) is 42.8 Å². The molecule has 2 fully saturated rings. The van der Waals surface area contributed by atoms with Crippen LogP contribution in [0, 0.1) is 12.8 Å². The highest BCUT2D eigenvalue weighted by Gasteiger charge is 2.44. The highest BCUT2D eigenvalue weighted by Crippen LogP contribution is 2.40. The zero-order valence-corrected chi connectivity index (χ0v) is 18.3. The van der Waals surface area contributed by atoms with Gasteiger partial charge < -0.3 is 15.2 Å². The predicted molar refractivity (Wildman–Crippen MR) is 116 cm³/mol. The summed E-state index contributed by atoms with van der Waals surface area (Å²) >= 11 is 1.38. The number of aromatic nitrogens is 4.